The highest BCUT2D eigenvalue weighted by Crippen LogP contribution is 2.19. The zero-order valence-corrected chi connectivity index (χ0v) is 11.5. The maximum Gasteiger partial charge on any atom is 0.149 e. The van der Waals surface area contributed by atoms with E-state index < -0.39 is 0 Å². The number of rotatable bonds is 4. The van der Waals surface area contributed by atoms with E-state index in [-0.39, 0.29) is 12.1 Å². The number of hydrogen-bond acceptors (Lipinski definition) is 4. The zero-order chi connectivity index (χ0) is 13.3. The molecule has 0 aliphatic heterocycles. The Morgan fingerprint density at radius 2 is 1.94 bits per heavy atom. The SMILES string of the molecule is Cc1nn(C)cc1C(C)NC(C)c1nncn1C. The first-order chi connectivity index (χ1) is 8.49. The van der Waals surface area contributed by atoms with Crippen molar-refractivity contribution in [2.45, 2.75) is 32.9 Å². The molecule has 0 aliphatic rings. The third kappa shape index (κ3) is 2.43. The van der Waals surface area contributed by atoms with E-state index in [4.69, 9.17) is 0 Å². The van der Waals surface area contributed by atoms with Gasteiger partial charge < -0.3 is 9.88 Å². The number of hydrogen-bond donors (Lipinski definition) is 1. The molecule has 2 aromatic rings. The summed E-state index contributed by atoms with van der Waals surface area (Å²) in [5.74, 6) is 0.934. The number of nitrogens with one attached hydrogen (secondary N) is 1. The lowest BCUT2D eigenvalue weighted by Gasteiger charge is -2.18. The third-order valence-electron chi connectivity index (χ3n) is 3.15. The molecule has 1 N–H and O–H groups in total. The Morgan fingerprint density at radius 1 is 1.22 bits per heavy atom. The fourth-order valence-corrected chi connectivity index (χ4v) is 2.27. The van der Waals surface area contributed by atoms with Crippen molar-refractivity contribution in [1.82, 2.24) is 29.9 Å². The van der Waals surface area contributed by atoms with Crippen LogP contribution in [-0.4, -0.2) is 24.5 Å². The summed E-state index contributed by atoms with van der Waals surface area (Å²) >= 11 is 0. The van der Waals surface area contributed by atoms with Gasteiger partial charge in [0.15, 0.2) is 0 Å². The van der Waals surface area contributed by atoms with Crippen LogP contribution in [-0.2, 0) is 14.1 Å². The van der Waals surface area contributed by atoms with Crippen LogP contribution in [0.3, 0.4) is 0 Å². The summed E-state index contributed by atoms with van der Waals surface area (Å²) in [4.78, 5) is 0. The Bertz CT molecular complexity index is 526. The van der Waals surface area contributed by atoms with E-state index in [1.165, 1.54) is 5.56 Å². The molecule has 0 aromatic carbocycles. The molecule has 0 spiro atoms. The second-order valence-corrected chi connectivity index (χ2v) is 4.75. The first kappa shape index (κ1) is 12.8. The molecule has 2 rings (SSSR count). The van der Waals surface area contributed by atoms with Gasteiger partial charge in [0.05, 0.1) is 11.7 Å². The maximum absolute atomic E-state index is 4.36. The van der Waals surface area contributed by atoms with Crippen molar-refractivity contribution in [1.29, 1.82) is 0 Å². The monoisotopic (exact) mass is 248 g/mol. The quantitative estimate of drug-likeness (QED) is 0.885. The van der Waals surface area contributed by atoms with Gasteiger partial charge in [-0.1, -0.05) is 0 Å². The zero-order valence-electron chi connectivity index (χ0n) is 11.5. The molecule has 0 aliphatic carbocycles. The molecule has 2 aromatic heterocycles. The van der Waals surface area contributed by atoms with E-state index in [9.17, 15) is 0 Å². The first-order valence-electron chi connectivity index (χ1n) is 6.09. The van der Waals surface area contributed by atoms with E-state index in [0.29, 0.717) is 0 Å². The van der Waals surface area contributed by atoms with Gasteiger partial charge in [-0.25, -0.2) is 0 Å². The van der Waals surface area contributed by atoms with Crippen molar-refractivity contribution in [3.05, 3.63) is 29.6 Å². The average molecular weight is 248 g/mol. The summed E-state index contributed by atoms with van der Waals surface area (Å²) in [6.45, 7) is 6.25. The van der Waals surface area contributed by atoms with Crippen LogP contribution in [0.25, 0.3) is 0 Å². The van der Waals surface area contributed by atoms with Gasteiger partial charge in [0, 0.05) is 31.9 Å². The molecule has 98 valence electrons. The summed E-state index contributed by atoms with van der Waals surface area (Å²) in [6, 6.07) is 0.373. The average Bonchev–Trinajstić information content (AvgIpc) is 2.84. The minimum atomic E-state index is 0.145. The van der Waals surface area contributed by atoms with Gasteiger partial charge in [0.1, 0.15) is 12.2 Å². The molecule has 6 nitrogen and oxygen atoms in total. The fourth-order valence-electron chi connectivity index (χ4n) is 2.27. The van der Waals surface area contributed by atoms with Crippen molar-refractivity contribution < 1.29 is 0 Å². The topological polar surface area (TPSA) is 60.6 Å². The van der Waals surface area contributed by atoms with E-state index in [2.05, 4.69) is 40.7 Å². The Morgan fingerprint density at radius 3 is 2.44 bits per heavy atom. The molecule has 0 saturated carbocycles. The van der Waals surface area contributed by atoms with Gasteiger partial charge in [-0.3, -0.25) is 4.68 Å². The Balaban J connectivity index is 2.10. The van der Waals surface area contributed by atoms with Crippen molar-refractivity contribution in [3.63, 3.8) is 0 Å². The van der Waals surface area contributed by atoms with Crippen LogP contribution in [0.2, 0.25) is 0 Å². The van der Waals surface area contributed by atoms with Crippen LogP contribution in [0, 0.1) is 6.92 Å². The first-order valence-corrected chi connectivity index (χ1v) is 6.09. The van der Waals surface area contributed by atoms with Crippen molar-refractivity contribution in [3.8, 4) is 0 Å². The molecule has 2 atom stereocenters. The highest BCUT2D eigenvalue weighted by Gasteiger charge is 2.17. The van der Waals surface area contributed by atoms with E-state index >= 15 is 0 Å². The highest BCUT2D eigenvalue weighted by molar-refractivity contribution is 5.19. The minimum Gasteiger partial charge on any atom is -0.319 e. The molecule has 0 radical (unpaired) electrons. The van der Waals surface area contributed by atoms with Gasteiger partial charge in [-0.2, -0.15) is 5.10 Å². The van der Waals surface area contributed by atoms with Crippen LogP contribution >= 0.6 is 0 Å². The third-order valence-corrected chi connectivity index (χ3v) is 3.15. The Kier molecular flexibility index (Phi) is 3.47. The molecule has 2 heterocycles. The lowest BCUT2D eigenvalue weighted by molar-refractivity contribution is 0.464. The van der Waals surface area contributed by atoms with E-state index in [1.54, 1.807) is 6.33 Å². The van der Waals surface area contributed by atoms with Gasteiger partial charge in [-0.15, -0.1) is 10.2 Å². The highest BCUT2D eigenvalue weighted by atomic mass is 15.3. The molecular weight excluding hydrogens is 228 g/mol. The van der Waals surface area contributed by atoms with Crippen LogP contribution in [0.4, 0.5) is 0 Å². The molecule has 2 unspecified atom stereocenters. The van der Waals surface area contributed by atoms with Gasteiger partial charge in [0.2, 0.25) is 0 Å². The Labute approximate surface area is 107 Å². The number of nitrogens with zero attached hydrogens (tertiary/aromatic N) is 5. The number of aryl methyl sites for hydroxylation is 3. The molecule has 0 amide bonds. The summed E-state index contributed by atoms with van der Waals surface area (Å²) in [6.07, 6.45) is 3.77. The van der Waals surface area contributed by atoms with E-state index in [1.807, 2.05) is 30.3 Å². The molecule has 0 bridgehead atoms. The van der Waals surface area contributed by atoms with Crippen molar-refractivity contribution in [2.75, 3.05) is 0 Å². The van der Waals surface area contributed by atoms with Crippen molar-refractivity contribution in [2.24, 2.45) is 14.1 Å². The lowest BCUT2D eigenvalue weighted by Crippen LogP contribution is -2.25. The second-order valence-electron chi connectivity index (χ2n) is 4.75. The van der Waals surface area contributed by atoms with Crippen molar-refractivity contribution >= 4 is 0 Å². The molecular formula is C12H20N6. The predicted molar refractivity (Wildman–Crippen MR) is 68.9 cm³/mol. The smallest absolute Gasteiger partial charge is 0.149 e. The van der Waals surface area contributed by atoms with E-state index in [0.717, 1.165) is 11.5 Å². The van der Waals surface area contributed by atoms with Crippen LogP contribution in [0.1, 0.15) is 43.0 Å². The molecule has 18 heavy (non-hydrogen) atoms. The van der Waals surface area contributed by atoms with Gasteiger partial charge in [-0.05, 0) is 20.8 Å². The minimum absolute atomic E-state index is 0.145. The predicted octanol–water partition coefficient (Wildman–Crippen LogP) is 1.27. The van der Waals surface area contributed by atoms with Crippen LogP contribution in [0.15, 0.2) is 12.5 Å². The largest absolute Gasteiger partial charge is 0.319 e. The second kappa shape index (κ2) is 4.89. The van der Waals surface area contributed by atoms with Gasteiger partial charge >= 0.3 is 0 Å². The molecule has 6 heteroatoms. The standard InChI is InChI=1S/C12H20N6/c1-8(11-6-18(5)16-9(11)2)14-10(3)12-15-13-7-17(12)4/h6-8,10,14H,1-5H3. The normalized spacial score (nSPS) is 14.7. The molecule has 0 saturated heterocycles. The summed E-state index contributed by atoms with van der Waals surface area (Å²) < 4.78 is 3.77. The lowest BCUT2D eigenvalue weighted by atomic mass is 10.1. The fraction of sp³-hybridized carbons (Fsp3) is 0.583. The Hall–Kier alpha value is -1.69. The molecule has 0 fully saturated rings. The summed E-state index contributed by atoms with van der Waals surface area (Å²) in [5.41, 5.74) is 2.27. The van der Waals surface area contributed by atoms with Crippen LogP contribution < -0.4 is 5.32 Å². The van der Waals surface area contributed by atoms with Crippen LogP contribution in [0.5, 0.6) is 0 Å². The number of aromatic nitrogens is 5. The van der Waals surface area contributed by atoms with Gasteiger partial charge in [0.25, 0.3) is 0 Å². The summed E-state index contributed by atoms with van der Waals surface area (Å²) in [5, 5.41) is 15.9. The summed E-state index contributed by atoms with van der Waals surface area (Å²) in [7, 11) is 3.89. The maximum atomic E-state index is 4.36.